The standard InChI is InChI=1S/C13H13FOS/c1-9-12(15)3-2-4-13(9)16-11-7-5-10(14)6-8-11/h5-8H,2-4H2,1H3. The van der Waals surface area contributed by atoms with Gasteiger partial charge in [-0.15, -0.1) is 0 Å². The lowest BCUT2D eigenvalue weighted by Gasteiger charge is -2.15. The van der Waals surface area contributed by atoms with E-state index in [1.165, 1.54) is 12.1 Å². The van der Waals surface area contributed by atoms with Gasteiger partial charge in [0.2, 0.25) is 0 Å². The van der Waals surface area contributed by atoms with E-state index in [1.807, 2.05) is 6.92 Å². The molecule has 16 heavy (non-hydrogen) atoms. The van der Waals surface area contributed by atoms with Crippen molar-refractivity contribution in [3.8, 4) is 0 Å². The third-order valence-electron chi connectivity index (χ3n) is 2.70. The SMILES string of the molecule is CC1=C(Sc2ccc(F)cc2)CCCC1=O. The van der Waals surface area contributed by atoms with Gasteiger partial charge in [-0.2, -0.15) is 0 Å². The Bertz CT molecular complexity index is 434. The summed E-state index contributed by atoms with van der Waals surface area (Å²) in [5.74, 6) is 0.0191. The number of Topliss-reactive ketones (excluding diaryl/α,β-unsaturated/α-hetero) is 1. The lowest BCUT2D eigenvalue weighted by molar-refractivity contribution is -0.115. The highest BCUT2D eigenvalue weighted by molar-refractivity contribution is 8.03. The van der Waals surface area contributed by atoms with Crippen molar-refractivity contribution in [1.29, 1.82) is 0 Å². The lowest BCUT2D eigenvalue weighted by Crippen LogP contribution is -2.07. The summed E-state index contributed by atoms with van der Waals surface area (Å²) in [5, 5.41) is 0. The van der Waals surface area contributed by atoms with Crippen LogP contribution in [0.15, 0.2) is 39.6 Å². The Balaban J connectivity index is 2.18. The molecule has 0 saturated heterocycles. The Morgan fingerprint density at radius 2 is 1.88 bits per heavy atom. The number of ketones is 1. The Morgan fingerprint density at radius 3 is 2.56 bits per heavy atom. The molecule has 0 amide bonds. The predicted octanol–water partition coefficient (Wildman–Crippen LogP) is 3.94. The van der Waals surface area contributed by atoms with E-state index in [-0.39, 0.29) is 11.6 Å². The molecule has 1 aliphatic carbocycles. The molecule has 0 heterocycles. The molecule has 3 heteroatoms. The zero-order valence-electron chi connectivity index (χ0n) is 9.13. The Morgan fingerprint density at radius 1 is 1.19 bits per heavy atom. The van der Waals surface area contributed by atoms with Crippen molar-refractivity contribution in [3.63, 3.8) is 0 Å². The molecule has 1 aromatic carbocycles. The highest BCUT2D eigenvalue weighted by atomic mass is 32.2. The van der Waals surface area contributed by atoms with Crippen LogP contribution in [-0.4, -0.2) is 5.78 Å². The Labute approximate surface area is 98.7 Å². The molecular weight excluding hydrogens is 223 g/mol. The summed E-state index contributed by atoms with van der Waals surface area (Å²) in [6.07, 6.45) is 2.55. The summed E-state index contributed by atoms with van der Waals surface area (Å²) in [6, 6.07) is 6.39. The van der Waals surface area contributed by atoms with Crippen LogP contribution >= 0.6 is 11.8 Å². The second-order valence-corrected chi connectivity index (χ2v) is 5.05. The number of halogens is 1. The molecule has 1 aromatic rings. The predicted molar refractivity (Wildman–Crippen MR) is 63.8 cm³/mol. The minimum absolute atomic E-state index is 0.227. The van der Waals surface area contributed by atoms with E-state index in [9.17, 15) is 9.18 Å². The fraction of sp³-hybridized carbons (Fsp3) is 0.308. The van der Waals surface area contributed by atoms with Crippen LogP contribution < -0.4 is 0 Å². The number of carbonyl (C=O) groups excluding carboxylic acids is 1. The summed E-state index contributed by atoms with van der Waals surface area (Å²) in [7, 11) is 0. The summed E-state index contributed by atoms with van der Waals surface area (Å²) in [6.45, 7) is 1.88. The van der Waals surface area contributed by atoms with Crippen molar-refractivity contribution in [2.24, 2.45) is 0 Å². The summed E-state index contributed by atoms with van der Waals surface area (Å²) < 4.78 is 12.7. The molecule has 0 spiro atoms. The van der Waals surface area contributed by atoms with E-state index >= 15 is 0 Å². The number of benzene rings is 1. The van der Waals surface area contributed by atoms with Crippen molar-refractivity contribution in [2.75, 3.05) is 0 Å². The molecule has 2 rings (SSSR count). The fourth-order valence-corrected chi connectivity index (χ4v) is 2.78. The summed E-state index contributed by atoms with van der Waals surface area (Å²) in [4.78, 5) is 13.6. The first-order chi connectivity index (χ1) is 7.66. The normalized spacial score (nSPS) is 16.8. The largest absolute Gasteiger partial charge is 0.295 e. The van der Waals surface area contributed by atoms with Gasteiger partial charge >= 0.3 is 0 Å². The van der Waals surface area contributed by atoms with Gasteiger partial charge in [0.05, 0.1) is 0 Å². The van der Waals surface area contributed by atoms with Crippen LogP contribution in [0.5, 0.6) is 0 Å². The van der Waals surface area contributed by atoms with Gasteiger partial charge in [-0.25, -0.2) is 4.39 Å². The molecule has 0 aliphatic heterocycles. The van der Waals surface area contributed by atoms with Crippen molar-refractivity contribution in [3.05, 3.63) is 40.6 Å². The van der Waals surface area contributed by atoms with Crippen LogP contribution in [0.1, 0.15) is 26.2 Å². The number of hydrogen-bond donors (Lipinski definition) is 0. The first-order valence-electron chi connectivity index (χ1n) is 5.33. The first kappa shape index (κ1) is 11.4. The highest BCUT2D eigenvalue weighted by Gasteiger charge is 2.17. The number of allylic oxidation sites excluding steroid dienone is 2. The van der Waals surface area contributed by atoms with Gasteiger partial charge in [0.15, 0.2) is 5.78 Å². The van der Waals surface area contributed by atoms with E-state index < -0.39 is 0 Å². The Hall–Kier alpha value is -1.09. The van der Waals surface area contributed by atoms with Gasteiger partial charge < -0.3 is 0 Å². The minimum Gasteiger partial charge on any atom is -0.295 e. The molecular formula is C13H13FOS. The molecule has 0 unspecified atom stereocenters. The summed E-state index contributed by atoms with van der Waals surface area (Å²) in [5.41, 5.74) is 0.876. The third kappa shape index (κ3) is 2.53. The van der Waals surface area contributed by atoms with E-state index in [1.54, 1.807) is 23.9 Å². The molecule has 0 radical (unpaired) electrons. The Kier molecular flexibility index (Phi) is 3.44. The number of carbonyl (C=O) groups is 1. The molecule has 0 N–H and O–H groups in total. The van der Waals surface area contributed by atoms with Gasteiger partial charge in [-0.1, -0.05) is 11.8 Å². The van der Waals surface area contributed by atoms with Crippen molar-refractivity contribution >= 4 is 17.5 Å². The van der Waals surface area contributed by atoms with Gasteiger partial charge in [-0.3, -0.25) is 4.79 Å². The first-order valence-corrected chi connectivity index (χ1v) is 6.15. The average Bonchev–Trinajstić information content (AvgIpc) is 2.28. The van der Waals surface area contributed by atoms with Crippen molar-refractivity contribution < 1.29 is 9.18 Å². The number of rotatable bonds is 2. The third-order valence-corrected chi connectivity index (χ3v) is 3.96. The van der Waals surface area contributed by atoms with E-state index in [2.05, 4.69) is 0 Å². The van der Waals surface area contributed by atoms with Gasteiger partial charge in [0.25, 0.3) is 0 Å². The summed E-state index contributed by atoms with van der Waals surface area (Å²) >= 11 is 1.58. The second kappa shape index (κ2) is 4.83. The zero-order valence-corrected chi connectivity index (χ0v) is 9.94. The minimum atomic E-state index is -0.227. The zero-order chi connectivity index (χ0) is 11.5. The van der Waals surface area contributed by atoms with E-state index in [0.29, 0.717) is 6.42 Å². The molecule has 0 saturated carbocycles. The maximum atomic E-state index is 12.7. The second-order valence-electron chi connectivity index (χ2n) is 3.88. The molecule has 1 aliphatic rings. The maximum absolute atomic E-state index is 12.7. The van der Waals surface area contributed by atoms with Crippen LogP contribution in [0.3, 0.4) is 0 Å². The fourth-order valence-electron chi connectivity index (χ4n) is 1.71. The molecule has 84 valence electrons. The molecule has 1 nitrogen and oxygen atoms in total. The topological polar surface area (TPSA) is 17.1 Å². The van der Waals surface area contributed by atoms with Crippen LogP contribution in [0.25, 0.3) is 0 Å². The maximum Gasteiger partial charge on any atom is 0.159 e. The van der Waals surface area contributed by atoms with Gasteiger partial charge in [0.1, 0.15) is 5.82 Å². The monoisotopic (exact) mass is 236 g/mol. The highest BCUT2D eigenvalue weighted by Crippen LogP contribution is 2.35. The smallest absolute Gasteiger partial charge is 0.159 e. The van der Waals surface area contributed by atoms with Crippen LogP contribution in [0.4, 0.5) is 4.39 Å². The van der Waals surface area contributed by atoms with E-state index in [4.69, 9.17) is 0 Å². The van der Waals surface area contributed by atoms with Crippen molar-refractivity contribution in [1.82, 2.24) is 0 Å². The lowest BCUT2D eigenvalue weighted by atomic mass is 9.99. The van der Waals surface area contributed by atoms with Crippen LogP contribution in [-0.2, 0) is 4.79 Å². The van der Waals surface area contributed by atoms with Gasteiger partial charge in [0, 0.05) is 16.9 Å². The molecule has 0 bridgehead atoms. The molecule has 0 aromatic heterocycles. The number of thioether (sulfide) groups is 1. The van der Waals surface area contributed by atoms with Gasteiger partial charge in [-0.05, 0) is 48.9 Å². The molecule has 0 atom stereocenters. The average molecular weight is 236 g/mol. The van der Waals surface area contributed by atoms with E-state index in [0.717, 1.165) is 28.2 Å². The van der Waals surface area contributed by atoms with Crippen molar-refractivity contribution in [2.45, 2.75) is 31.1 Å². The molecule has 0 fully saturated rings. The number of hydrogen-bond acceptors (Lipinski definition) is 2. The van der Waals surface area contributed by atoms with Crippen LogP contribution in [0, 0.1) is 5.82 Å². The van der Waals surface area contributed by atoms with Crippen LogP contribution in [0.2, 0.25) is 0 Å². The quantitative estimate of drug-likeness (QED) is 0.773.